The second-order valence-corrected chi connectivity index (χ2v) is 8.57. The summed E-state index contributed by atoms with van der Waals surface area (Å²) in [7, 11) is 0. The molecule has 2 N–H and O–H groups in total. The minimum Gasteiger partial charge on any atom is -0.455 e. The molecule has 0 radical (unpaired) electrons. The first-order valence-electron chi connectivity index (χ1n) is 10.1. The van der Waals surface area contributed by atoms with Crippen molar-refractivity contribution in [3.63, 3.8) is 0 Å². The summed E-state index contributed by atoms with van der Waals surface area (Å²) in [5.74, 6) is -2.72. The standard InChI is InChI=1S/C23H24BrN3O5/c1-13-5-4-6-16(9-13)22(30)26-27-11-17(10-21(27)29)23(31)32-12-20(28)25-19-8-7-18(24)14(2)15(19)3/h4-9,17H,10-12H2,1-3H3,(H,25,28)(H,26,30)/t17-/m1/s1. The van der Waals surface area contributed by atoms with Crippen molar-refractivity contribution in [2.24, 2.45) is 5.92 Å². The molecular formula is C23H24BrN3O5. The molecule has 0 bridgehead atoms. The van der Waals surface area contributed by atoms with Gasteiger partial charge in [0.15, 0.2) is 6.61 Å². The molecule has 3 amide bonds. The number of hydrazine groups is 1. The Morgan fingerprint density at radius 3 is 2.59 bits per heavy atom. The number of nitrogens with one attached hydrogen (secondary N) is 2. The van der Waals surface area contributed by atoms with Gasteiger partial charge in [0.1, 0.15) is 0 Å². The van der Waals surface area contributed by atoms with Crippen molar-refractivity contribution in [1.82, 2.24) is 10.4 Å². The monoisotopic (exact) mass is 501 g/mol. The van der Waals surface area contributed by atoms with Crippen molar-refractivity contribution < 1.29 is 23.9 Å². The number of rotatable bonds is 6. The zero-order valence-corrected chi connectivity index (χ0v) is 19.6. The van der Waals surface area contributed by atoms with Crippen LogP contribution in [0.1, 0.15) is 33.5 Å². The Bertz CT molecular complexity index is 1090. The summed E-state index contributed by atoms with van der Waals surface area (Å²) in [6, 6.07) is 10.5. The van der Waals surface area contributed by atoms with Crippen LogP contribution < -0.4 is 10.7 Å². The maximum absolute atomic E-state index is 12.4. The highest BCUT2D eigenvalue weighted by Crippen LogP contribution is 2.26. The maximum Gasteiger partial charge on any atom is 0.311 e. The predicted molar refractivity (Wildman–Crippen MR) is 122 cm³/mol. The molecule has 1 saturated heterocycles. The van der Waals surface area contributed by atoms with E-state index < -0.39 is 36.2 Å². The summed E-state index contributed by atoms with van der Waals surface area (Å²) < 4.78 is 6.04. The highest BCUT2D eigenvalue weighted by molar-refractivity contribution is 9.10. The Morgan fingerprint density at radius 1 is 1.12 bits per heavy atom. The van der Waals surface area contributed by atoms with Crippen LogP contribution in [0.2, 0.25) is 0 Å². The first-order valence-corrected chi connectivity index (χ1v) is 10.8. The van der Waals surface area contributed by atoms with Crippen LogP contribution in [0.4, 0.5) is 5.69 Å². The van der Waals surface area contributed by atoms with Crippen LogP contribution in [0.3, 0.4) is 0 Å². The number of nitrogens with zero attached hydrogens (tertiary/aromatic N) is 1. The topological polar surface area (TPSA) is 105 Å². The van der Waals surface area contributed by atoms with Crippen molar-refractivity contribution in [3.05, 3.63) is 63.1 Å². The smallest absolute Gasteiger partial charge is 0.311 e. The molecule has 1 aliphatic heterocycles. The zero-order valence-electron chi connectivity index (χ0n) is 18.0. The normalized spacial score (nSPS) is 15.4. The highest BCUT2D eigenvalue weighted by Gasteiger charge is 2.36. The van der Waals surface area contributed by atoms with Crippen LogP contribution >= 0.6 is 15.9 Å². The van der Waals surface area contributed by atoms with Crippen molar-refractivity contribution >= 4 is 45.3 Å². The van der Waals surface area contributed by atoms with Gasteiger partial charge >= 0.3 is 5.97 Å². The van der Waals surface area contributed by atoms with Gasteiger partial charge in [-0.2, -0.15) is 0 Å². The van der Waals surface area contributed by atoms with Crippen molar-refractivity contribution in [2.45, 2.75) is 27.2 Å². The lowest BCUT2D eigenvalue weighted by Crippen LogP contribution is -2.43. The van der Waals surface area contributed by atoms with Crippen LogP contribution in [0, 0.1) is 26.7 Å². The van der Waals surface area contributed by atoms with E-state index in [9.17, 15) is 19.2 Å². The summed E-state index contributed by atoms with van der Waals surface area (Å²) in [5.41, 5.74) is 6.39. The van der Waals surface area contributed by atoms with Gasteiger partial charge in [-0.25, -0.2) is 0 Å². The third kappa shape index (κ3) is 5.53. The zero-order chi connectivity index (χ0) is 23.4. The van der Waals surface area contributed by atoms with Gasteiger partial charge in [0.2, 0.25) is 5.91 Å². The first-order chi connectivity index (χ1) is 15.2. The molecule has 1 aliphatic rings. The average molecular weight is 502 g/mol. The quantitative estimate of drug-likeness (QED) is 0.591. The minimum absolute atomic E-state index is 0.0120. The summed E-state index contributed by atoms with van der Waals surface area (Å²) in [6.07, 6.45) is -0.0977. The molecule has 0 saturated carbocycles. The van der Waals surface area contributed by atoms with E-state index in [4.69, 9.17) is 4.74 Å². The molecule has 0 aliphatic carbocycles. The Balaban J connectivity index is 1.50. The number of hydrogen-bond donors (Lipinski definition) is 2. The van der Waals surface area contributed by atoms with Crippen LogP contribution in [0.15, 0.2) is 40.9 Å². The number of amides is 3. The number of carbonyl (C=O) groups is 4. The summed E-state index contributed by atoms with van der Waals surface area (Å²) >= 11 is 3.43. The largest absolute Gasteiger partial charge is 0.455 e. The fourth-order valence-electron chi connectivity index (χ4n) is 3.31. The van der Waals surface area contributed by atoms with E-state index in [2.05, 4.69) is 26.7 Å². The minimum atomic E-state index is -0.759. The second-order valence-electron chi connectivity index (χ2n) is 7.72. The van der Waals surface area contributed by atoms with E-state index in [1.165, 1.54) is 0 Å². The fourth-order valence-corrected chi connectivity index (χ4v) is 3.74. The molecule has 9 heteroatoms. The Hall–Kier alpha value is -3.20. The third-order valence-electron chi connectivity index (χ3n) is 5.32. The van der Waals surface area contributed by atoms with Gasteiger partial charge in [0.25, 0.3) is 11.8 Å². The number of aryl methyl sites for hydroxylation is 1. The van der Waals surface area contributed by atoms with E-state index in [0.29, 0.717) is 11.3 Å². The average Bonchev–Trinajstić information content (AvgIpc) is 3.12. The van der Waals surface area contributed by atoms with E-state index in [-0.39, 0.29) is 13.0 Å². The van der Waals surface area contributed by atoms with Gasteiger partial charge in [0.05, 0.1) is 12.5 Å². The van der Waals surface area contributed by atoms with Crippen LogP contribution in [0.5, 0.6) is 0 Å². The van der Waals surface area contributed by atoms with E-state index >= 15 is 0 Å². The SMILES string of the molecule is Cc1cccc(C(=O)NN2C[C@H](C(=O)OCC(=O)Nc3ccc(Br)c(C)c3C)CC2=O)c1. The third-order valence-corrected chi connectivity index (χ3v) is 6.17. The number of esters is 1. The lowest BCUT2D eigenvalue weighted by atomic mass is 10.1. The molecule has 2 aromatic carbocycles. The maximum atomic E-state index is 12.4. The molecule has 0 unspecified atom stereocenters. The van der Waals surface area contributed by atoms with E-state index in [1.54, 1.807) is 24.3 Å². The van der Waals surface area contributed by atoms with Crippen LogP contribution in [-0.4, -0.2) is 41.9 Å². The summed E-state index contributed by atoms with van der Waals surface area (Å²) in [5, 5.41) is 3.83. The van der Waals surface area contributed by atoms with Gasteiger partial charge in [-0.05, 0) is 56.2 Å². The molecule has 0 spiro atoms. The number of ether oxygens (including phenoxy) is 1. The van der Waals surface area contributed by atoms with E-state index in [1.807, 2.05) is 32.9 Å². The van der Waals surface area contributed by atoms with Crippen LogP contribution in [-0.2, 0) is 19.1 Å². The lowest BCUT2D eigenvalue weighted by Gasteiger charge is -2.17. The molecule has 2 aromatic rings. The fraction of sp³-hybridized carbons (Fsp3) is 0.304. The molecule has 3 rings (SSSR count). The summed E-state index contributed by atoms with van der Waals surface area (Å²) in [6.45, 7) is 5.19. The van der Waals surface area contributed by atoms with Crippen molar-refractivity contribution in [1.29, 1.82) is 0 Å². The van der Waals surface area contributed by atoms with Crippen molar-refractivity contribution in [3.8, 4) is 0 Å². The number of carbonyl (C=O) groups excluding carboxylic acids is 4. The molecule has 1 heterocycles. The van der Waals surface area contributed by atoms with Gasteiger partial charge in [0, 0.05) is 22.1 Å². The molecular weight excluding hydrogens is 478 g/mol. The molecule has 0 aromatic heterocycles. The second kappa shape index (κ2) is 9.95. The number of halogens is 1. The van der Waals surface area contributed by atoms with Gasteiger partial charge < -0.3 is 10.1 Å². The predicted octanol–water partition coefficient (Wildman–Crippen LogP) is 3.05. The molecule has 1 atom stereocenters. The Labute approximate surface area is 194 Å². The first kappa shape index (κ1) is 23.5. The Kier molecular flexibility index (Phi) is 7.29. The number of hydrogen-bond acceptors (Lipinski definition) is 5. The lowest BCUT2D eigenvalue weighted by molar-refractivity contribution is -0.151. The van der Waals surface area contributed by atoms with Gasteiger partial charge in [-0.3, -0.25) is 29.6 Å². The highest BCUT2D eigenvalue weighted by atomic mass is 79.9. The number of benzene rings is 2. The van der Waals surface area contributed by atoms with Crippen LogP contribution in [0.25, 0.3) is 0 Å². The summed E-state index contributed by atoms with van der Waals surface area (Å²) in [4.78, 5) is 49.1. The van der Waals surface area contributed by atoms with Gasteiger partial charge in [-0.15, -0.1) is 0 Å². The van der Waals surface area contributed by atoms with Gasteiger partial charge in [-0.1, -0.05) is 33.6 Å². The van der Waals surface area contributed by atoms with Crippen molar-refractivity contribution in [2.75, 3.05) is 18.5 Å². The molecule has 168 valence electrons. The van der Waals surface area contributed by atoms with E-state index in [0.717, 1.165) is 26.2 Å². The Morgan fingerprint density at radius 2 is 1.88 bits per heavy atom. The molecule has 32 heavy (non-hydrogen) atoms. The molecule has 1 fully saturated rings. The molecule has 8 nitrogen and oxygen atoms in total. The number of anilines is 1.